The van der Waals surface area contributed by atoms with Gasteiger partial charge in [-0.3, -0.25) is 9.59 Å². The number of carbonyl (C=O) groups is 2. The summed E-state index contributed by atoms with van der Waals surface area (Å²) in [6.07, 6.45) is 4.78. The van der Waals surface area contributed by atoms with Crippen LogP contribution in [0.4, 0.5) is 0 Å². The molecular weight excluding hydrogens is 418 g/mol. The number of hydrogen-bond donors (Lipinski definition) is 2. The first kappa shape index (κ1) is 22.2. The first-order valence-corrected chi connectivity index (χ1v) is 12.5. The van der Waals surface area contributed by atoms with Gasteiger partial charge in [-0.05, 0) is 68.2 Å². The third kappa shape index (κ3) is 4.49. The minimum Gasteiger partial charge on any atom is -0.390 e. The molecule has 170 valence electrons. The van der Waals surface area contributed by atoms with E-state index in [9.17, 15) is 23.1 Å². The standard InChI is InChI=1S/C22H31N3O5S/c1-16(26)24-10-12-25(13-11-24)31(29,30)20-6-3-18(4-7-20)21(27)23-9-8-22(28)15-17-2-5-19(22)14-17/h3-4,6-7,17,19,28H,2,5,8-15H2,1H3,(H,23,27). The molecule has 3 unspecified atom stereocenters. The summed E-state index contributed by atoms with van der Waals surface area (Å²) in [6, 6.07) is 5.93. The number of aliphatic hydroxyl groups is 1. The van der Waals surface area contributed by atoms with Crippen molar-refractivity contribution in [2.24, 2.45) is 11.8 Å². The summed E-state index contributed by atoms with van der Waals surface area (Å²) in [4.78, 5) is 25.7. The third-order valence-electron chi connectivity index (χ3n) is 7.23. The number of benzene rings is 1. The lowest BCUT2D eigenvalue weighted by atomic mass is 9.82. The van der Waals surface area contributed by atoms with Crippen molar-refractivity contribution in [1.82, 2.24) is 14.5 Å². The molecule has 2 amide bonds. The van der Waals surface area contributed by atoms with Crippen LogP contribution in [0, 0.1) is 11.8 Å². The highest BCUT2D eigenvalue weighted by atomic mass is 32.2. The van der Waals surface area contributed by atoms with E-state index < -0.39 is 15.6 Å². The number of nitrogens with one attached hydrogen (secondary N) is 1. The SMILES string of the molecule is CC(=O)N1CCN(S(=O)(=O)c2ccc(C(=O)NCCC3(O)CC4CCC3C4)cc2)CC1. The van der Waals surface area contributed by atoms with Crippen molar-refractivity contribution in [3.8, 4) is 0 Å². The smallest absolute Gasteiger partial charge is 0.251 e. The molecule has 3 aliphatic rings. The lowest BCUT2D eigenvalue weighted by molar-refractivity contribution is -0.129. The molecule has 2 N–H and O–H groups in total. The quantitative estimate of drug-likeness (QED) is 0.679. The van der Waals surface area contributed by atoms with Gasteiger partial charge in [0.1, 0.15) is 0 Å². The fourth-order valence-corrected chi connectivity index (χ4v) is 6.81. The zero-order valence-corrected chi connectivity index (χ0v) is 18.7. The highest BCUT2D eigenvalue weighted by Gasteiger charge is 2.49. The van der Waals surface area contributed by atoms with Gasteiger partial charge < -0.3 is 15.3 Å². The highest BCUT2D eigenvalue weighted by molar-refractivity contribution is 7.89. The molecule has 3 atom stereocenters. The summed E-state index contributed by atoms with van der Waals surface area (Å²) in [6.45, 7) is 3.15. The number of nitrogens with zero attached hydrogens (tertiary/aromatic N) is 2. The van der Waals surface area contributed by atoms with Gasteiger partial charge in [0.25, 0.3) is 5.91 Å². The van der Waals surface area contributed by atoms with Gasteiger partial charge in [0.05, 0.1) is 10.5 Å². The van der Waals surface area contributed by atoms with Crippen molar-refractivity contribution in [3.05, 3.63) is 29.8 Å². The third-order valence-corrected chi connectivity index (χ3v) is 9.14. The molecule has 3 fully saturated rings. The molecule has 1 saturated heterocycles. The Hall–Kier alpha value is -1.97. The van der Waals surface area contributed by atoms with E-state index in [1.165, 1.54) is 41.9 Å². The molecule has 1 aliphatic heterocycles. The molecule has 0 spiro atoms. The number of piperazine rings is 1. The topological polar surface area (TPSA) is 107 Å². The molecule has 2 bridgehead atoms. The fourth-order valence-electron chi connectivity index (χ4n) is 5.39. The minimum atomic E-state index is -3.66. The molecule has 9 heteroatoms. The van der Waals surface area contributed by atoms with Gasteiger partial charge in [0.15, 0.2) is 0 Å². The Morgan fingerprint density at radius 2 is 1.81 bits per heavy atom. The van der Waals surface area contributed by atoms with Crippen molar-refractivity contribution in [2.75, 3.05) is 32.7 Å². The Morgan fingerprint density at radius 3 is 2.35 bits per heavy atom. The summed E-state index contributed by atoms with van der Waals surface area (Å²) in [5.41, 5.74) is -0.263. The Labute approximate surface area is 183 Å². The Bertz CT molecular complexity index is 940. The number of hydrogen-bond acceptors (Lipinski definition) is 5. The number of carbonyl (C=O) groups excluding carboxylic acids is 2. The van der Waals surface area contributed by atoms with Crippen LogP contribution in [0.5, 0.6) is 0 Å². The van der Waals surface area contributed by atoms with Crippen LogP contribution in [0.1, 0.15) is 49.4 Å². The number of sulfonamides is 1. The van der Waals surface area contributed by atoms with Gasteiger partial charge in [-0.25, -0.2) is 8.42 Å². The fraction of sp³-hybridized carbons (Fsp3) is 0.636. The molecule has 0 radical (unpaired) electrons. The maximum Gasteiger partial charge on any atom is 0.251 e. The summed E-state index contributed by atoms with van der Waals surface area (Å²) >= 11 is 0. The molecule has 2 saturated carbocycles. The van der Waals surface area contributed by atoms with Crippen molar-refractivity contribution in [1.29, 1.82) is 0 Å². The normalized spacial score (nSPS) is 28.6. The molecule has 1 heterocycles. The second kappa shape index (κ2) is 8.52. The van der Waals surface area contributed by atoms with Crippen LogP contribution in [-0.2, 0) is 14.8 Å². The van der Waals surface area contributed by atoms with E-state index in [-0.39, 0.29) is 29.8 Å². The van der Waals surface area contributed by atoms with Gasteiger partial charge in [0, 0.05) is 45.2 Å². The number of amides is 2. The van der Waals surface area contributed by atoms with E-state index in [1.54, 1.807) is 4.90 Å². The molecule has 2 aliphatic carbocycles. The van der Waals surface area contributed by atoms with Crippen LogP contribution in [0.3, 0.4) is 0 Å². The monoisotopic (exact) mass is 449 g/mol. The zero-order chi connectivity index (χ0) is 22.2. The molecule has 1 aromatic rings. The summed E-state index contributed by atoms with van der Waals surface area (Å²) in [5.74, 6) is 0.660. The number of fused-ring (bicyclic) bond motifs is 2. The number of rotatable bonds is 6. The van der Waals surface area contributed by atoms with Gasteiger partial charge in [-0.15, -0.1) is 0 Å². The van der Waals surface area contributed by atoms with E-state index in [0.29, 0.717) is 43.5 Å². The van der Waals surface area contributed by atoms with Gasteiger partial charge >= 0.3 is 0 Å². The van der Waals surface area contributed by atoms with Crippen LogP contribution in [-0.4, -0.2) is 72.9 Å². The molecule has 4 rings (SSSR count). The van der Waals surface area contributed by atoms with E-state index >= 15 is 0 Å². The minimum absolute atomic E-state index is 0.0556. The second-order valence-corrected chi connectivity index (χ2v) is 11.1. The van der Waals surface area contributed by atoms with Crippen LogP contribution in [0.15, 0.2) is 29.2 Å². The predicted molar refractivity (Wildman–Crippen MR) is 115 cm³/mol. The van der Waals surface area contributed by atoms with Gasteiger partial charge in [-0.2, -0.15) is 4.31 Å². The van der Waals surface area contributed by atoms with Crippen molar-refractivity contribution < 1.29 is 23.1 Å². The first-order chi connectivity index (χ1) is 14.7. The summed E-state index contributed by atoms with van der Waals surface area (Å²) in [5, 5.41) is 13.7. The average molecular weight is 450 g/mol. The molecule has 31 heavy (non-hydrogen) atoms. The molecule has 0 aromatic heterocycles. The van der Waals surface area contributed by atoms with Crippen molar-refractivity contribution >= 4 is 21.8 Å². The Morgan fingerprint density at radius 1 is 1.13 bits per heavy atom. The molecule has 1 aromatic carbocycles. The second-order valence-electron chi connectivity index (χ2n) is 9.12. The Balaban J connectivity index is 1.31. The molecule has 8 nitrogen and oxygen atoms in total. The van der Waals surface area contributed by atoms with Crippen LogP contribution in [0.2, 0.25) is 0 Å². The van der Waals surface area contributed by atoms with E-state index in [1.807, 2.05) is 0 Å². The lowest BCUT2D eigenvalue weighted by Crippen LogP contribution is -2.49. The van der Waals surface area contributed by atoms with Gasteiger partial charge in [0.2, 0.25) is 15.9 Å². The summed E-state index contributed by atoms with van der Waals surface area (Å²) < 4.78 is 27.1. The zero-order valence-electron chi connectivity index (χ0n) is 17.9. The Kier molecular flexibility index (Phi) is 6.11. The lowest BCUT2D eigenvalue weighted by Gasteiger charge is -2.33. The maximum atomic E-state index is 12.9. The maximum absolute atomic E-state index is 12.9. The van der Waals surface area contributed by atoms with E-state index in [0.717, 1.165) is 19.3 Å². The van der Waals surface area contributed by atoms with Crippen molar-refractivity contribution in [3.63, 3.8) is 0 Å². The van der Waals surface area contributed by atoms with Gasteiger partial charge in [-0.1, -0.05) is 0 Å². The summed E-state index contributed by atoms with van der Waals surface area (Å²) in [7, 11) is -3.66. The first-order valence-electron chi connectivity index (χ1n) is 11.1. The van der Waals surface area contributed by atoms with Crippen LogP contribution < -0.4 is 5.32 Å². The predicted octanol–water partition coefficient (Wildman–Crippen LogP) is 1.21. The molecular formula is C22H31N3O5S. The highest BCUT2D eigenvalue weighted by Crippen LogP contribution is 2.51. The van der Waals surface area contributed by atoms with Crippen molar-refractivity contribution in [2.45, 2.75) is 49.5 Å². The van der Waals surface area contributed by atoms with E-state index in [2.05, 4.69) is 5.32 Å². The van der Waals surface area contributed by atoms with Crippen LogP contribution >= 0.6 is 0 Å². The largest absolute Gasteiger partial charge is 0.390 e. The van der Waals surface area contributed by atoms with E-state index in [4.69, 9.17) is 0 Å². The average Bonchev–Trinajstić information content (AvgIpc) is 3.34. The van der Waals surface area contributed by atoms with Crippen LogP contribution in [0.25, 0.3) is 0 Å².